The third-order valence-corrected chi connectivity index (χ3v) is 8.62. The maximum atomic E-state index is 11.6. The zero-order valence-corrected chi connectivity index (χ0v) is 19.3. The van der Waals surface area contributed by atoms with Crippen LogP contribution in [0.3, 0.4) is 0 Å². The van der Waals surface area contributed by atoms with E-state index in [1.165, 1.54) is 36.4 Å². The van der Waals surface area contributed by atoms with Crippen LogP contribution in [0.1, 0.15) is 45.2 Å². The average molecular weight is 519 g/mol. The average Bonchev–Trinajstić information content (AvgIpc) is 2.72. The van der Waals surface area contributed by atoms with Crippen LogP contribution in [0, 0.1) is 0 Å². The lowest BCUT2D eigenvalue weighted by Gasteiger charge is -2.30. The number of carbonyl (C=O) groups is 2. The lowest BCUT2D eigenvalue weighted by atomic mass is 10.2. The number of rotatable bonds is 12. The van der Waals surface area contributed by atoms with Crippen molar-refractivity contribution < 1.29 is 53.6 Å². The lowest BCUT2D eigenvalue weighted by molar-refractivity contribution is 0.0679. The van der Waals surface area contributed by atoms with Crippen molar-refractivity contribution in [3.8, 4) is 0 Å². The number of nitrogens with zero attached hydrogens (tertiary/aromatic N) is 3. The van der Waals surface area contributed by atoms with E-state index in [1.807, 2.05) is 0 Å². The fourth-order valence-corrected chi connectivity index (χ4v) is 5.30. The van der Waals surface area contributed by atoms with E-state index in [9.17, 15) is 43.4 Å². The molecule has 0 radical (unpaired) electrons. The van der Waals surface area contributed by atoms with Gasteiger partial charge in [0.05, 0.1) is 11.4 Å². The molecule has 2 heterocycles. The number of pyridine rings is 2. The van der Waals surface area contributed by atoms with Gasteiger partial charge in [-0.15, -0.1) is 0 Å². The van der Waals surface area contributed by atoms with Crippen LogP contribution in [0.4, 0.5) is 0 Å². The maximum absolute atomic E-state index is 11.6. The SMILES string of the molecule is O=C(O)c1cccc(CN(CCCC(O)(P(=O)(O)O)P(=O)(O)O)Cc2cccc(C(=O)O)n2)n1. The minimum atomic E-state index is -5.62. The molecule has 0 spiro atoms. The molecule has 16 heteroatoms. The summed E-state index contributed by atoms with van der Waals surface area (Å²) >= 11 is 0. The van der Waals surface area contributed by atoms with E-state index in [0.29, 0.717) is 0 Å². The van der Waals surface area contributed by atoms with Gasteiger partial charge in [0.2, 0.25) is 0 Å². The number of carboxylic acids is 2. The van der Waals surface area contributed by atoms with Crippen molar-refractivity contribution in [2.75, 3.05) is 6.54 Å². The largest absolute Gasteiger partial charge is 0.477 e. The molecule has 0 aliphatic carbocycles. The van der Waals surface area contributed by atoms with Crippen molar-refractivity contribution in [2.45, 2.75) is 31.0 Å². The molecule has 0 aliphatic rings. The molecule has 186 valence electrons. The normalized spacial score (nSPS) is 12.6. The molecule has 0 bridgehead atoms. The monoisotopic (exact) mass is 519 g/mol. The van der Waals surface area contributed by atoms with Gasteiger partial charge < -0.3 is 34.9 Å². The smallest absolute Gasteiger partial charge is 0.369 e. The van der Waals surface area contributed by atoms with Gasteiger partial charge in [-0.3, -0.25) is 14.0 Å². The van der Waals surface area contributed by atoms with Crippen LogP contribution in [0.2, 0.25) is 0 Å². The van der Waals surface area contributed by atoms with E-state index in [-0.39, 0.29) is 48.8 Å². The molecular formula is C18H23N3O11P2. The van der Waals surface area contributed by atoms with Gasteiger partial charge in [0.1, 0.15) is 11.4 Å². The van der Waals surface area contributed by atoms with E-state index in [4.69, 9.17) is 10.2 Å². The first kappa shape index (κ1) is 27.7. The molecule has 0 saturated carbocycles. The molecule has 0 unspecified atom stereocenters. The van der Waals surface area contributed by atoms with Crippen molar-refractivity contribution in [1.82, 2.24) is 14.9 Å². The minimum Gasteiger partial charge on any atom is -0.477 e. The summed E-state index contributed by atoms with van der Waals surface area (Å²) in [5.41, 5.74) is 0.103. The molecule has 0 saturated heterocycles. The highest BCUT2D eigenvalue weighted by Crippen LogP contribution is 2.69. The van der Waals surface area contributed by atoms with Gasteiger partial charge in [-0.25, -0.2) is 19.6 Å². The molecule has 0 aromatic carbocycles. The van der Waals surface area contributed by atoms with Crippen LogP contribution in [-0.2, 0) is 22.2 Å². The maximum Gasteiger partial charge on any atom is 0.369 e. The van der Waals surface area contributed by atoms with Gasteiger partial charge in [-0.05, 0) is 37.2 Å². The molecule has 34 heavy (non-hydrogen) atoms. The van der Waals surface area contributed by atoms with E-state index < -0.39 is 38.6 Å². The Morgan fingerprint density at radius 2 is 1.24 bits per heavy atom. The zero-order chi connectivity index (χ0) is 25.7. The highest BCUT2D eigenvalue weighted by Gasteiger charge is 2.58. The van der Waals surface area contributed by atoms with Crippen LogP contribution in [0.15, 0.2) is 36.4 Å². The van der Waals surface area contributed by atoms with Gasteiger partial charge in [-0.2, -0.15) is 0 Å². The Bertz CT molecular complexity index is 1070. The van der Waals surface area contributed by atoms with Crippen LogP contribution in [0.5, 0.6) is 0 Å². The second-order valence-corrected chi connectivity index (χ2v) is 11.3. The molecule has 0 fully saturated rings. The fourth-order valence-electron chi connectivity index (χ4n) is 3.05. The summed E-state index contributed by atoms with van der Waals surface area (Å²) < 4.78 is 23.1. The second-order valence-electron chi connectivity index (χ2n) is 7.32. The van der Waals surface area contributed by atoms with Crippen LogP contribution in [0.25, 0.3) is 0 Å². The van der Waals surface area contributed by atoms with Crippen molar-refractivity contribution in [2.24, 2.45) is 0 Å². The Labute approximate surface area is 192 Å². The molecule has 2 rings (SSSR count). The summed E-state index contributed by atoms with van der Waals surface area (Å²) in [7, 11) is -11.2. The fraction of sp³-hybridized carbons (Fsp3) is 0.333. The number of aliphatic hydroxyl groups is 1. The summed E-state index contributed by atoms with van der Waals surface area (Å²) in [6.45, 7) is -0.144. The number of hydrogen-bond acceptors (Lipinski definition) is 8. The summed E-state index contributed by atoms with van der Waals surface area (Å²) in [4.78, 5) is 69.1. The predicted octanol–water partition coefficient (Wildman–Crippen LogP) is 0.657. The van der Waals surface area contributed by atoms with Gasteiger partial charge in [0, 0.05) is 19.5 Å². The molecule has 0 aliphatic heterocycles. The Morgan fingerprint density at radius 3 is 1.59 bits per heavy atom. The number of hydrogen-bond donors (Lipinski definition) is 7. The first-order valence-corrected chi connectivity index (χ1v) is 12.8. The predicted molar refractivity (Wildman–Crippen MR) is 115 cm³/mol. The Kier molecular flexibility index (Phi) is 8.81. The van der Waals surface area contributed by atoms with Gasteiger partial charge in [-0.1, -0.05) is 12.1 Å². The van der Waals surface area contributed by atoms with Crippen molar-refractivity contribution in [3.63, 3.8) is 0 Å². The Hall–Kier alpha value is -2.54. The van der Waals surface area contributed by atoms with Gasteiger partial charge in [0.15, 0.2) is 0 Å². The van der Waals surface area contributed by atoms with Gasteiger partial charge >= 0.3 is 27.1 Å². The molecule has 2 aromatic rings. The molecular weight excluding hydrogens is 496 g/mol. The third kappa shape index (κ3) is 6.98. The molecule has 14 nitrogen and oxygen atoms in total. The third-order valence-electron chi connectivity index (χ3n) is 4.74. The van der Waals surface area contributed by atoms with Crippen LogP contribution < -0.4 is 0 Å². The minimum absolute atomic E-state index is 0.0235. The topological polar surface area (TPSA) is 239 Å². The summed E-state index contributed by atoms with van der Waals surface area (Å²) in [5.74, 6) is -2.53. The summed E-state index contributed by atoms with van der Waals surface area (Å²) in [6, 6.07) is 8.48. The number of aromatic carboxylic acids is 2. The van der Waals surface area contributed by atoms with Gasteiger partial charge in [0.25, 0.3) is 5.08 Å². The molecule has 2 aromatic heterocycles. The van der Waals surface area contributed by atoms with E-state index in [1.54, 1.807) is 4.90 Å². The standard InChI is InChI=1S/C18H23N3O11P2/c22-16(23)14-6-1-4-12(19-14)10-21(11-13-5-2-7-15(20-13)17(24)25)9-3-8-18(26,33(27,28)29)34(30,31)32/h1-2,4-7,26H,3,8-11H2,(H,22,23)(H,24,25)(H2,27,28,29)(H2,30,31,32). The van der Waals surface area contributed by atoms with Crippen molar-refractivity contribution in [1.29, 1.82) is 0 Å². The first-order chi connectivity index (χ1) is 15.6. The first-order valence-electron chi connectivity index (χ1n) is 9.58. The summed E-state index contributed by atoms with van der Waals surface area (Å²) in [6.07, 6.45) is -1.26. The lowest BCUT2D eigenvalue weighted by Crippen LogP contribution is -2.31. The summed E-state index contributed by atoms with van der Waals surface area (Å²) in [5, 5.41) is 24.8. The Morgan fingerprint density at radius 1 is 0.824 bits per heavy atom. The quantitative estimate of drug-likeness (QED) is 0.191. The van der Waals surface area contributed by atoms with E-state index >= 15 is 0 Å². The van der Waals surface area contributed by atoms with Crippen molar-refractivity contribution >= 4 is 27.1 Å². The Balaban J connectivity index is 2.28. The van der Waals surface area contributed by atoms with Crippen LogP contribution in [-0.4, -0.2) is 73.3 Å². The van der Waals surface area contributed by atoms with Crippen molar-refractivity contribution in [3.05, 3.63) is 59.2 Å². The molecule has 0 atom stereocenters. The zero-order valence-electron chi connectivity index (χ0n) is 17.5. The molecule has 7 N–H and O–H groups in total. The molecule has 0 amide bonds. The van der Waals surface area contributed by atoms with Crippen LogP contribution >= 0.6 is 15.2 Å². The highest BCUT2D eigenvalue weighted by molar-refractivity contribution is 7.72. The van der Waals surface area contributed by atoms with E-state index in [0.717, 1.165) is 0 Å². The van der Waals surface area contributed by atoms with E-state index in [2.05, 4.69) is 9.97 Å². The number of carboxylic acid groups (broad SMARTS) is 2. The highest BCUT2D eigenvalue weighted by atomic mass is 31.2. The number of aromatic nitrogens is 2. The second kappa shape index (κ2) is 10.8.